The molecule has 0 aliphatic carbocycles. The molecule has 1 saturated heterocycles. The molecule has 1 amide bonds. The first kappa shape index (κ1) is 22.0. The lowest BCUT2D eigenvalue weighted by molar-refractivity contribution is -0.129. The Hall–Kier alpha value is -3.79. The van der Waals surface area contributed by atoms with E-state index in [4.69, 9.17) is 4.74 Å². The highest BCUT2D eigenvalue weighted by molar-refractivity contribution is 7.90. The standard InChI is InChI=1S/C24H23N5O4S/c1-15(30)29-11-3-4-22(29)18-12-19-20(28-24(27-19)21-14-25-9-10-26-21)13-23(18)33-16-5-7-17(8-6-16)34(2,31)32/h5-10,12-14,22H,3-4,11H2,1-2H3,(H,27,28). The number of likely N-dealkylation sites (tertiary alicyclic amines) is 1. The van der Waals surface area contributed by atoms with Gasteiger partial charge in [0, 0.05) is 43.7 Å². The van der Waals surface area contributed by atoms with Gasteiger partial charge in [0.1, 0.15) is 17.2 Å². The van der Waals surface area contributed by atoms with Crippen LogP contribution in [0.2, 0.25) is 0 Å². The molecule has 174 valence electrons. The number of carbonyl (C=O) groups is 1. The fourth-order valence-corrected chi connectivity index (χ4v) is 4.93. The van der Waals surface area contributed by atoms with E-state index in [1.165, 1.54) is 12.1 Å². The van der Waals surface area contributed by atoms with E-state index in [1.807, 2.05) is 17.0 Å². The van der Waals surface area contributed by atoms with Gasteiger partial charge in [-0.15, -0.1) is 0 Å². The monoisotopic (exact) mass is 477 g/mol. The average molecular weight is 478 g/mol. The third-order valence-electron chi connectivity index (χ3n) is 5.92. The molecule has 34 heavy (non-hydrogen) atoms. The number of aromatic amines is 1. The number of hydrogen-bond donors (Lipinski definition) is 1. The lowest BCUT2D eigenvalue weighted by atomic mass is 10.0. The summed E-state index contributed by atoms with van der Waals surface area (Å²) in [6, 6.07) is 9.95. The summed E-state index contributed by atoms with van der Waals surface area (Å²) in [5.74, 6) is 1.65. The topological polar surface area (TPSA) is 118 Å². The summed E-state index contributed by atoms with van der Waals surface area (Å²) in [5, 5.41) is 0. The van der Waals surface area contributed by atoms with E-state index >= 15 is 0 Å². The predicted molar refractivity (Wildman–Crippen MR) is 126 cm³/mol. The van der Waals surface area contributed by atoms with Crippen LogP contribution in [0.15, 0.2) is 59.9 Å². The largest absolute Gasteiger partial charge is 0.457 e. The van der Waals surface area contributed by atoms with Crippen molar-refractivity contribution in [2.75, 3.05) is 12.8 Å². The SMILES string of the molecule is CC(=O)N1CCCC1c1cc2[nH]c(-c3cnccn3)nc2cc1Oc1ccc(S(C)(=O)=O)cc1. The molecule has 9 nitrogen and oxygen atoms in total. The van der Waals surface area contributed by atoms with Gasteiger partial charge in [0.15, 0.2) is 15.7 Å². The van der Waals surface area contributed by atoms with Crippen molar-refractivity contribution in [3.63, 3.8) is 0 Å². The third kappa shape index (κ3) is 4.24. The summed E-state index contributed by atoms with van der Waals surface area (Å²) in [4.78, 5) is 30.7. The molecule has 4 aromatic rings. The molecule has 5 rings (SSSR count). The maximum Gasteiger partial charge on any atom is 0.219 e. The maximum atomic E-state index is 12.3. The molecule has 1 N–H and O–H groups in total. The summed E-state index contributed by atoms with van der Waals surface area (Å²) in [5.41, 5.74) is 2.96. The summed E-state index contributed by atoms with van der Waals surface area (Å²) in [7, 11) is -3.31. The molecular weight excluding hydrogens is 454 g/mol. The molecule has 1 unspecified atom stereocenters. The minimum atomic E-state index is -3.31. The minimum absolute atomic E-state index is 0.0101. The summed E-state index contributed by atoms with van der Waals surface area (Å²) in [6.07, 6.45) is 7.72. The molecule has 1 fully saturated rings. The van der Waals surface area contributed by atoms with Gasteiger partial charge in [-0.25, -0.2) is 18.4 Å². The highest BCUT2D eigenvalue weighted by atomic mass is 32.2. The maximum absolute atomic E-state index is 12.3. The highest BCUT2D eigenvalue weighted by Gasteiger charge is 2.31. The van der Waals surface area contributed by atoms with Crippen LogP contribution in [-0.2, 0) is 14.6 Å². The second-order valence-electron chi connectivity index (χ2n) is 8.30. The van der Waals surface area contributed by atoms with Crippen LogP contribution in [0, 0.1) is 0 Å². The van der Waals surface area contributed by atoms with Crippen molar-refractivity contribution in [3.8, 4) is 23.0 Å². The molecule has 3 heterocycles. The van der Waals surface area contributed by atoms with E-state index in [2.05, 4.69) is 19.9 Å². The van der Waals surface area contributed by atoms with E-state index in [9.17, 15) is 13.2 Å². The van der Waals surface area contributed by atoms with Crippen LogP contribution in [-0.4, -0.2) is 52.0 Å². The number of nitrogens with zero attached hydrogens (tertiary/aromatic N) is 4. The van der Waals surface area contributed by atoms with E-state index in [1.54, 1.807) is 37.6 Å². The van der Waals surface area contributed by atoms with Crippen molar-refractivity contribution in [2.24, 2.45) is 0 Å². The van der Waals surface area contributed by atoms with Gasteiger partial charge in [-0.05, 0) is 43.2 Å². The number of sulfone groups is 1. The Morgan fingerprint density at radius 2 is 1.97 bits per heavy atom. The number of aromatic nitrogens is 4. The van der Waals surface area contributed by atoms with Gasteiger partial charge >= 0.3 is 0 Å². The smallest absolute Gasteiger partial charge is 0.219 e. The molecule has 0 saturated carbocycles. The van der Waals surface area contributed by atoms with E-state index in [0.29, 0.717) is 35.1 Å². The molecule has 0 radical (unpaired) electrons. The minimum Gasteiger partial charge on any atom is -0.457 e. The fourth-order valence-electron chi connectivity index (χ4n) is 4.29. The normalized spacial score (nSPS) is 16.2. The summed E-state index contributed by atoms with van der Waals surface area (Å²) < 4.78 is 29.8. The zero-order chi connectivity index (χ0) is 23.9. The van der Waals surface area contributed by atoms with E-state index < -0.39 is 9.84 Å². The summed E-state index contributed by atoms with van der Waals surface area (Å²) >= 11 is 0. The van der Waals surface area contributed by atoms with Gasteiger partial charge in [0.05, 0.1) is 28.2 Å². The first-order chi connectivity index (χ1) is 16.3. The zero-order valence-corrected chi connectivity index (χ0v) is 19.5. The van der Waals surface area contributed by atoms with Crippen molar-refractivity contribution >= 4 is 26.8 Å². The number of amides is 1. The van der Waals surface area contributed by atoms with Gasteiger partial charge < -0.3 is 14.6 Å². The first-order valence-corrected chi connectivity index (χ1v) is 12.7. The number of carbonyl (C=O) groups excluding carboxylic acids is 1. The van der Waals surface area contributed by atoms with Crippen LogP contribution in [0.3, 0.4) is 0 Å². The van der Waals surface area contributed by atoms with Crippen molar-refractivity contribution in [3.05, 3.63) is 60.6 Å². The molecule has 2 aromatic carbocycles. The van der Waals surface area contributed by atoms with Gasteiger partial charge in [-0.1, -0.05) is 0 Å². The van der Waals surface area contributed by atoms with Crippen LogP contribution in [0.25, 0.3) is 22.6 Å². The van der Waals surface area contributed by atoms with Crippen LogP contribution >= 0.6 is 0 Å². The Morgan fingerprint density at radius 3 is 2.65 bits per heavy atom. The number of fused-ring (bicyclic) bond motifs is 1. The van der Waals surface area contributed by atoms with Gasteiger partial charge in [-0.3, -0.25) is 9.78 Å². The number of nitrogens with one attached hydrogen (secondary N) is 1. The molecule has 0 spiro atoms. The van der Waals surface area contributed by atoms with E-state index in [-0.39, 0.29) is 16.8 Å². The fraction of sp³-hybridized carbons (Fsp3) is 0.250. The predicted octanol–water partition coefficient (Wildman–Crippen LogP) is 3.90. The second kappa shape index (κ2) is 8.53. The highest BCUT2D eigenvalue weighted by Crippen LogP contribution is 2.41. The lowest BCUT2D eigenvalue weighted by Gasteiger charge is -2.25. The Balaban J connectivity index is 1.59. The number of rotatable bonds is 5. The number of ether oxygens (including phenoxy) is 1. The zero-order valence-electron chi connectivity index (χ0n) is 18.7. The number of hydrogen-bond acceptors (Lipinski definition) is 7. The van der Waals surface area contributed by atoms with Crippen molar-refractivity contribution in [1.29, 1.82) is 0 Å². The van der Waals surface area contributed by atoms with E-state index in [0.717, 1.165) is 30.2 Å². The second-order valence-corrected chi connectivity index (χ2v) is 10.3. The Kier molecular flexibility index (Phi) is 5.52. The Morgan fingerprint density at radius 1 is 1.18 bits per heavy atom. The Labute approximate surface area is 196 Å². The number of H-pyrrole nitrogens is 1. The molecule has 1 aliphatic rings. The quantitative estimate of drug-likeness (QED) is 0.463. The molecule has 1 aliphatic heterocycles. The van der Waals surface area contributed by atoms with Crippen molar-refractivity contribution < 1.29 is 17.9 Å². The lowest BCUT2D eigenvalue weighted by Crippen LogP contribution is -2.28. The van der Waals surface area contributed by atoms with Crippen LogP contribution in [0.5, 0.6) is 11.5 Å². The summed E-state index contributed by atoms with van der Waals surface area (Å²) in [6.45, 7) is 2.26. The number of benzene rings is 2. The number of imidazole rings is 1. The van der Waals surface area contributed by atoms with Crippen LogP contribution in [0.1, 0.15) is 31.4 Å². The molecule has 2 aromatic heterocycles. The molecular formula is C24H23N5O4S. The van der Waals surface area contributed by atoms with Crippen LogP contribution < -0.4 is 4.74 Å². The van der Waals surface area contributed by atoms with Crippen molar-refractivity contribution in [1.82, 2.24) is 24.8 Å². The molecule has 10 heteroatoms. The van der Waals surface area contributed by atoms with Gasteiger partial charge in [0.25, 0.3) is 0 Å². The third-order valence-corrected chi connectivity index (χ3v) is 7.04. The average Bonchev–Trinajstić information content (AvgIpc) is 3.46. The molecule has 1 atom stereocenters. The Bertz CT molecular complexity index is 1470. The van der Waals surface area contributed by atoms with Gasteiger partial charge in [-0.2, -0.15) is 0 Å². The molecule has 0 bridgehead atoms. The van der Waals surface area contributed by atoms with Crippen LogP contribution in [0.4, 0.5) is 0 Å². The van der Waals surface area contributed by atoms with Gasteiger partial charge in [0.2, 0.25) is 5.91 Å². The first-order valence-electron chi connectivity index (χ1n) is 10.8. The van der Waals surface area contributed by atoms with Crippen molar-refractivity contribution in [2.45, 2.75) is 30.7 Å².